The van der Waals surface area contributed by atoms with Crippen molar-refractivity contribution < 1.29 is 75.7 Å². The van der Waals surface area contributed by atoms with Gasteiger partial charge < -0.3 is 0 Å². The minimum absolute atomic E-state index is 0. The molecule has 0 unspecified atom stereocenters. The van der Waals surface area contributed by atoms with Crippen molar-refractivity contribution in [3.63, 3.8) is 0 Å². The molecule has 4 heteroatoms. The molecule has 0 rings (SSSR count). The van der Waals surface area contributed by atoms with E-state index in [1.54, 1.807) is 0 Å². The molecule has 0 aromatic heterocycles. The fourth-order valence-electron chi connectivity index (χ4n) is 0. The number of rotatable bonds is 0. The minimum Gasteiger partial charge on any atom is 0 e. The van der Waals surface area contributed by atoms with Crippen LogP contribution in [0.5, 0.6) is 0 Å². The molecule has 30 valence electrons. The number of hydrogen-bond donors (Lipinski definition) is 0. The van der Waals surface area contributed by atoms with Gasteiger partial charge in [0.1, 0.15) is 0 Å². The van der Waals surface area contributed by atoms with Crippen LogP contribution in [0.25, 0.3) is 0 Å². The molecule has 0 heterocycles. The normalized spacial score (nSPS) is 0. The van der Waals surface area contributed by atoms with Gasteiger partial charge in [-0.25, -0.2) is 0 Å². The third-order valence-corrected chi connectivity index (χ3v) is 0. The molecule has 0 aliphatic rings. The summed E-state index contributed by atoms with van der Waals surface area (Å²) >= 11 is 0. The average molecular weight is 394 g/mol. The van der Waals surface area contributed by atoms with Crippen molar-refractivity contribution in [2.24, 2.45) is 0 Å². The standard InChI is InChI=1S/Fe.Mo.Ni.W. The summed E-state index contributed by atoms with van der Waals surface area (Å²) in [6.45, 7) is 0. The first kappa shape index (κ1) is 32.5. The molecule has 0 aromatic rings. The maximum atomic E-state index is 0. The predicted molar refractivity (Wildman–Crippen MR) is 0 cm³/mol. The molecule has 0 radical (unpaired) electrons. The van der Waals surface area contributed by atoms with Gasteiger partial charge in [-0.15, -0.1) is 0 Å². The molecule has 0 fully saturated rings. The van der Waals surface area contributed by atoms with Crippen molar-refractivity contribution in [3.8, 4) is 0 Å². The maximum absolute atomic E-state index is 0. The van der Waals surface area contributed by atoms with Crippen LogP contribution in [-0.4, -0.2) is 0 Å². The zero-order valence-electron chi connectivity index (χ0n) is 1.49. The second kappa shape index (κ2) is 18.2. The van der Waals surface area contributed by atoms with E-state index >= 15 is 0 Å². The van der Waals surface area contributed by atoms with Gasteiger partial charge in [-0.1, -0.05) is 0 Å². The zero-order valence-corrected chi connectivity index (χ0v) is 8.52. The topological polar surface area (TPSA) is 0 Å². The Hall–Kier alpha value is 2.39. The van der Waals surface area contributed by atoms with Crippen LogP contribution < -0.4 is 0 Å². The van der Waals surface area contributed by atoms with Crippen molar-refractivity contribution in [3.05, 3.63) is 0 Å². The number of hydrogen-bond acceptors (Lipinski definition) is 0. The van der Waals surface area contributed by atoms with Gasteiger partial charge in [0.25, 0.3) is 0 Å². The third-order valence-electron chi connectivity index (χ3n) is 0. The van der Waals surface area contributed by atoms with Crippen molar-refractivity contribution >= 4 is 0 Å². The Balaban J connectivity index is 0. The predicted octanol–water partition coefficient (Wildman–Crippen LogP) is -0.0100. The van der Waals surface area contributed by atoms with Crippen LogP contribution in [0.15, 0.2) is 0 Å². The second-order valence-electron chi connectivity index (χ2n) is 0. The molecule has 0 atom stereocenters. The van der Waals surface area contributed by atoms with Crippen LogP contribution >= 0.6 is 0 Å². The summed E-state index contributed by atoms with van der Waals surface area (Å²) in [5, 5.41) is 0. The Bertz CT molecular complexity index is 8.00. The smallest absolute Gasteiger partial charge is 0 e. The molecule has 0 aromatic carbocycles. The molecule has 0 saturated heterocycles. The monoisotopic (exact) mass is 396 g/mol. The van der Waals surface area contributed by atoms with Crippen molar-refractivity contribution in [1.29, 1.82) is 0 Å². The maximum Gasteiger partial charge on any atom is 0 e. The van der Waals surface area contributed by atoms with Crippen LogP contribution in [0, 0.1) is 0 Å². The molecule has 0 spiro atoms. The van der Waals surface area contributed by atoms with Crippen LogP contribution in [-0.2, 0) is 75.7 Å². The van der Waals surface area contributed by atoms with E-state index in [1.807, 2.05) is 0 Å². The largest absolute Gasteiger partial charge is 0 e. The van der Waals surface area contributed by atoms with Crippen LogP contribution in [0.4, 0.5) is 0 Å². The van der Waals surface area contributed by atoms with Gasteiger partial charge in [-0.05, 0) is 0 Å². The summed E-state index contributed by atoms with van der Waals surface area (Å²) in [7, 11) is 0. The van der Waals surface area contributed by atoms with Crippen molar-refractivity contribution in [2.75, 3.05) is 0 Å². The van der Waals surface area contributed by atoms with E-state index < -0.39 is 0 Å². The van der Waals surface area contributed by atoms with Gasteiger partial charge in [0, 0.05) is 75.7 Å². The summed E-state index contributed by atoms with van der Waals surface area (Å²) in [5.41, 5.74) is 0. The Kier molecular flexibility index (Phi) is 148. The van der Waals surface area contributed by atoms with Crippen LogP contribution in [0.3, 0.4) is 0 Å². The molecule has 4 heavy (non-hydrogen) atoms. The van der Waals surface area contributed by atoms with Gasteiger partial charge in [0.05, 0.1) is 0 Å². The molecular formula is FeMoNiW. The first-order valence-electron chi connectivity index (χ1n) is 0. The van der Waals surface area contributed by atoms with E-state index in [1.165, 1.54) is 0 Å². The fourth-order valence-corrected chi connectivity index (χ4v) is 0. The van der Waals surface area contributed by atoms with Gasteiger partial charge in [0.15, 0.2) is 0 Å². The Labute approximate surface area is 74.8 Å². The molecule has 0 saturated carbocycles. The average Bonchev–Trinajstić information content (AvgIpc) is 0. The zero-order chi connectivity index (χ0) is 0. The van der Waals surface area contributed by atoms with Gasteiger partial charge in [-0.2, -0.15) is 0 Å². The van der Waals surface area contributed by atoms with E-state index in [0.717, 1.165) is 0 Å². The summed E-state index contributed by atoms with van der Waals surface area (Å²) in [6.07, 6.45) is 0. The first-order valence-corrected chi connectivity index (χ1v) is 0. The SMILES string of the molecule is [Fe].[Mo].[Ni].[W]. The summed E-state index contributed by atoms with van der Waals surface area (Å²) in [6, 6.07) is 0. The van der Waals surface area contributed by atoms with Crippen molar-refractivity contribution in [2.45, 2.75) is 0 Å². The van der Waals surface area contributed by atoms with E-state index in [2.05, 4.69) is 0 Å². The van der Waals surface area contributed by atoms with E-state index in [9.17, 15) is 0 Å². The molecule has 0 amide bonds. The Morgan fingerprint density at radius 2 is 1.00 bits per heavy atom. The first-order chi connectivity index (χ1) is 0. The molecule has 0 aliphatic heterocycles. The Morgan fingerprint density at radius 3 is 1.00 bits per heavy atom. The van der Waals surface area contributed by atoms with Gasteiger partial charge in [-0.3, -0.25) is 0 Å². The fraction of sp³-hybridized carbons (Fsp3) is 0. The Morgan fingerprint density at radius 1 is 1.00 bits per heavy atom. The van der Waals surface area contributed by atoms with Crippen LogP contribution in [0.2, 0.25) is 0 Å². The van der Waals surface area contributed by atoms with E-state index in [-0.39, 0.29) is 75.7 Å². The minimum atomic E-state index is 0. The van der Waals surface area contributed by atoms with E-state index in [0.29, 0.717) is 0 Å². The van der Waals surface area contributed by atoms with Gasteiger partial charge in [0.2, 0.25) is 0 Å². The van der Waals surface area contributed by atoms with Crippen LogP contribution in [0.1, 0.15) is 0 Å². The second-order valence-corrected chi connectivity index (χ2v) is 0. The molecule has 0 N–H and O–H groups in total. The molecule has 0 nitrogen and oxygen atoms in total. The molecule has 0 bridgehead atoms. The van der Waals surface area contributed by atoms with E-state index in [4.69, 9.17) is 0 Å². The summed E-state index contributed by atoms with van der Waals surface area (Å²) in [4.78, 5) is 0. The quantitative estimate of drug-likeness (QED) is 0.508. The molecular weight excluding hydrogens is 394 g/mol. The van der Waals surface area contributed by atoms with Crippen molar-refractivity contribution in [1.82, 2.24) is 0 Å². The summed E-state index contributed by atoms with van der Waals surface area (Å²) < 4.78 is 0. The molecule has 0 aliphatic carbocycles. The van der Waals surface area contributed by atoms with Gasteiger partial charge >= 0.3 is 0 Å². The third kappa shape index (κ3) is 8.83. The summed E-state index contributed by atoms with van der Waals surface area (Å²) in [5.74, 6) is 0.